The van der Waals surface area contributed by atoms with E-state index in [2.05, 4.69) is 26.1 Å². The van der Waals surface area contributed by atoms with Crippen LogP contribution < -0.4 is 10.1 Å². The van der Waals surface area contributed by atoms with Gasteiger partial charge in [-0.1, -0.05) is 18.5 Å². The number of rotatable bonds is 6. The van der Waals surface area contributed by atoms with Gasteiger partial charge in [-0.25, -0.2) is 0 Å². The Hall–Kier alpha value is -0.770. The van der Waals surface area contributed by atoms with Crippen molar-refractivity contribution in [3.63, 3.8) is 0 Å². The van der Waals surface area contributed by atoms with Crippen LogP contribution in [0, 0.1) is 0 Å². The van der Waals surface area contributed by atoms with Crippen molar-refractivity contribution in [1.82, 2.24) is 5.32 Å². The van der Waals surface area contributed by atoms with Crippen LogP contribution in [0.4, 0.5) is 0 Å². The van der Waals surface area contributed by atoms with Crippen molar-refractivity contribution in [1.29, 1.82) is 0 Å². The van der Waals surface area contributed by atoms with E-state index >= 15 is 0 Å². The topological polar surface area (TPSA) is 30.5 Å². The molecule has 0 amide bonds. The summed E-state index contributed by atoms with van der Waals surface area (Å²) in [7, 11) is 0. The van der Waals surface area contributed by atoms with E-state index in [0.717, 1.165) is 42.3 Å². The number of nitrogens with one attached hydrogen (secondary N) is 1. The maximum Gasteiger partial charge on any atom is 0.124 e. The molecule has 2 rings (SSSR count). The minimum atomic E-state index is -0.0133. The van der Waals surface area contributed by atoms with Crippen molar-refractivity contribution >= 4 is 11.6 Å². The number of hydrogen-bond donors (Lipinski definition) is 1. The third-order valence-electron chi connectivity index (χ3n) is 3.57. The molecule has 1 heterocycles. The molecule has 1 atom stereocenters. The third kappa shape index (κ3) is 4.37. The van der Waals surface area contributed by atoms with Crippen molar-refractivity contribution in [3.8, 4) is 5.75 Å². The second-order valence-electron chi connectivity index (χ2n) is 5.88. The molecule has 3 nitrogen and oxygen atoms in total. The Balaban J connectivity index is 1.95. The Labute approximate surface area is 126 Å². The smallest absolute Gasteiger partial charge is 0.124 e. The molecule has 112 valence electrons. The molecule has 1 fully saturated rings. The molecule has 1 saturated heterocycles. The lowest BCUT2D eigenvalue weighted by Crippen LogP contribution is -2.24. The molecule has 1 unspecified atom stereocenters. The molecule has 1 aliphatic heterocycles. The predicted molar refractivity (Wildman–Crippen MR) is 82.5 cm³/mol. The molecule has 20 heavy (non-hydrogen) atoms. The highest BCUT2D eigenvalue weighted by atomic mass is 35.5. The van der Waals surface area contributed by atoms with Crippen LogP contribution in [0.1, 0.15) is 39.2 Å². The van der Waals surface area contributed by atoms with Crippen LogP contribution in [0.25, 0.3) is 0 Å². The standard InChI is InChI=1S/C16H24ClNO2/c1-4-18-10-12-9-13(17)5-6-15(12)19-11-14-7-8-16(2,3)20-14/h5-6,9,14,18H,4,7-8,10-11H2,1-3H3. The quantitative estimate of drug-likeness (QED) is 0.866. The van der Waals surface area contributed by atoms with E-state index in [1.807, 2.05) is 18.2 Å². The van der Waals surface area contributed by atoms with Gasteiger partial charge in [0.25, 0.3) is 0 Å². The summed E-state index contributed by atoms with van der Waals surface area (Å²) in [5.41, 5.74) is 1.08. The summed E-state index contributed by atoms with van der Waals surface area (Å²) in [6, 6.07) is 5.76. The summed E-state index contributed by atoms with van der Waals surface area (Å²) in [6.45, 7) is 8.64. The second kappa shape index (κ2) is 6.79. The second-order valence-corrected chi connectivity index (χ2v) is 6.32. The van der Waals surface area contributed by atoms with E-state index in [9.17, 15) is 0 Å². The van der Waals surface area contributed by atoms with E-state index in [4.69, 9.17) is 21.1 Å². The van der Waals surface area contributed by atoms with Crippen LogP contribution in [0.15, 0.2) is 18.2 Å². The molecule has 0 spiro atoms. The summed E-state index contributed by atoms with van der Waals surface area (Å²) in [4.78, 5) is 0. The molecule has 1 aromatic carbocycles. The normalized spacial score (nSPS) is 21.1. The third-order valence-corrected chi connectivity index (χ3v) is 3.80. The monoisotopic (exact) mass is 297 g/mol. The Bertz CT molecular complexity index is 448. The lowest BCUT2D eigenvalue weighted by atomic mass is 10.1. The van der Waals surface area contributed by atoms with Gasteiger partial charge >= 0.3 is 0 Å². The lowest BCUT2D eigenvalue weighted by Gasteiger charge is -2.20. The summed E-state index contributed by atoms with van der Waals surface area (Å²) in [6.07, 6.45) is 2.34. The number of hydrogen-bond acceptors (Lipinski definition) is 3. The summed E-state index contributed by atoms with van der Waals surface area (Å²) in [5.74, 6) is 0.892. The predicted octanol–water partition coefficient (Wildman–Crippen LogP) is 3.79. The minimum absolute atomic E-state index is 0.0133. The Kier molecular flexibility index (Phi) is 5.30. The lowest BCUT2D eigenvalue weighted by molar-refractivity contribution is -0.0327. The van der Waals surface area contributed by atoms with Gasteiger partial charge < -0.3 is 14.8 Å². The molecule has 0 aliphatic carbocycles. The van der Waals surface area contributed by atoms with Crippen molar-refractivity contribution in [2.75, 3.05) is 13.2 Å². The van der Waals surface area contributed by atoms with Crippen molar-refractivity contribution in [2.24, 2.45) is 0 Å². The molecule has 0 bridgehead atoms. The molecule has 0 aromatic heterocycles. The van der Waals surface area contributed by atoms with Gasteiger partial charge in [0.2, 0.25) is 0 Å². The number of halogens is 1. The van der Waals surface area contributed by atoms with Gasteiger partial charge in [-0.2, -0.15) is 0 Å². The summed E-state index contributed by atoms with van der Waals surface area (Å²) < 4.78 is 11.9. The van der Waals surface area contributed by atoms with E-state index in [0.29, 0.717) is 6.61 Å². The van der Waals surface area contributed by atoms with Crippen molar-refractivity contribution in [3.05, 3.63) is 28.8 Å². The zero-order valence-electron chi connectivity index (χ0n) is 12.5. The summed E-state index contributed by atoms with van der Waals surface area (Å²) >= 11 is 6.05. The molecule has 1 aromatic rings. The highest BCUT2D eigenvalue weighted by Gasteiger charge is 2.31. The van der Waals surface area contributed by atoms with Crippen LogP contribution in [-0.2, 0) is 11.3 Å². The molecular formula is C16H24ClNO2. The van der Waals surface area contributed by atoms with E-state index in [1.165, 1.54) is 0 Å². The molecular weight excluding hydrogens is 274 g/mol. The first-order valence-electron chi connectivity index (χ1n) is 7.30. The van der Waals surface area contributed by atoms with Gasteiger partial charge in [-0.3, -0.25) is 0 Å². The highest BCUT2D eigenvalue weighted by Crippen LogP contribution is 2.30. The fourth-order valence-corrected chi connectivity index (χ4v) is 2.66. The summed E-state index contributed by atoms with van der Waals surface area (Å²) in [5, 5.41) is 4.04. The molecule has 4 heteroatoms. The zero-order chi connectivity index (χ0) is 14.6. The first kappa shape index (κ1) is 15.6. The van der Waals surface area contributed by atoms with Crippen LogP contribution >= 0.6 is 11.6 Å². The first-order chi connectivity index (χ1) is 9.50. The fourth-order valence-electron chi connectivity index (χ4n) is 2.46. The highest BCUT2D eigenvalue weighted by molar-refractivity contribution is 6.30. The number of benzene rings is 1. The first-order valence-corrected chi connectivity index (χ1v) is 7.68. The maximum atomic E-state index is 6.05. The van der Waals surface area contributed by atoms with E-state index in [1.54, 1.807) is 0 Å². The number of ether oxygens (including phenoxy) is 2. The largest absolute Gasteiger partial charge is 0.491 e. The van der Waals surface area contributed by atoms with Gasteiger partial charge in [0.15, 0.2) is 0 Å². The molecule has 0 radical (unpaired) electrons. The van der Waals surface area contributed by atoms with Gasteiger partial charge in [-0.05, 0) is 51.4 Å². The van der Waals surface area contributed by atoms with Gasteiger partial charge in [-0.15, -0.1) is 0 Å². The Morgan fingerprint density at radius 2 is 2.25 bits per heavy atom. The Morgan fingerprint density at radius 3 is 2.90 bits per heavy atom. The van der Waals surface area contributed by atoms with Gasteiger partial charge in [0, 0.05) is 17.1 Å². The van der Waals surface area contributed by atoms with Crippen LogP contribution in [0.3, 0.4) is 0 Å². The van der Waals surface area contributed by atoms with E-state index in [-0.39, 0.29) is 11.7 Å². The fraction of sp³-hybridized carbons (Fsp3) is 0.625. The molecule has 1 aliphatic rings. The van der Waals surface area contributed by atoms with Crippen molar-refractivity contribution < 1.29 is 9.47 Å². The van der Waals surface area contributed by atoms with Gasteiger partial charge in [0.05, 0.1) is 11.7 Å². The average molecular weight is 298 g/mol. The van der Waals surface area contributed by atoms with Crippen LogP contribution in [-0.4, -0.2) is 24.9 Å². The van der Waals surface area contributed by atoms with Crippen LogP contribution in [0.2, 0.25) is 5.02 Å². The van der Waals surface area contributed by atoms with E-state index < -0.39 is 0 Å². The van der Waals surface area contributed by atoms with Crippen LogP contribution in [0.5, 0.6) is 5.75 Å². The molecule has 1 N–H and O–H groups in total. The molecule has 0 saturated carbocycles. The minimum Gasteiger partial charge on any atom is -0.491 e. The Morgan fingerprint density at radius 1 is 1.45 bits per heavy atom. The SMILES string of the molecule is CCNCc1cc(Cl)ccc1OCC1CCC(C)(C)O1. The van der Waals surface area contributed by atoms with Gasteiger partial charge in [0.1, 0.15) is 12.4 Å². The van der Waals surface area contributed by atoms with Crippen molar-refractivity contribution in [2.45, 2.75) is 51.9 Å². The average Bonchev–Trinajstić information content (AvgIpc) is 2.75. The maximum absolute atomic E-state index is 6.05. The zero-order valence-corrected chi connectivity index (χ0v) is 13.3.